The highest BCUT2D eigenvalue weighted by Gasteiger charge is 2.22. The van der Waals surface area contributed by atoms with Crippen molar-refractivity contribution in [3.05, 3.63) is 10.5 Å². The molecule has 0 unspecified atom stereocenters. The van der Waals surface area contributed by atoms with Crippen LogP contribution in [0.2, 0.25) is 0 Å². The molecule has 0 aromatic carbocycles. The van der Waals surface area contributed by atoms with Gasteiger partial charge in [0.2, 0.25) is 5.91 Å². The molecular weight excluding hydrogens is 308 g/mol. The predicted molar refractivity (Wildman–Crippen MR) is 82.0 cm³/mol. The van der Waals surface area contributed by atoms with E-state index in [2.05, 4.69) is 15.5 Å². The van der Waals surface area contributed by atoms with Crippen molar-refractivity contribution < 1.29 is 14.3 Å². The van der Waals surface area contributed by atoms with Gasteiger partial charge in [0, 0.05) is 20.3 Å². The third-order valence-electron chi connectivity index (χ3n) is 3.39. The molecule has 2 atom stereocenters. The second-order valence-corrected chi connectivity index (χ2v) is 6.41. The second-order valence-electron chi connectivity index (χ2n) is 5.10. The first-order chi connectivity index (χ1) is 10.6. The number of hydrogen-bond acceptors (Lipinski definition) is 6. The van der Waals surface area contributed by atoms with Crippen molar-refractivity contribution in [2.75, 3.05) is 26.9 Å². The smallest absolute Gasteiger partial charge is 0.344 e. The van der Waals surface area contributed by atoms with Crippen molar-refractivity contribution in [2.24, 2.45) is 0 Å². The number of carbonyl (C=O) groups excluding carboxylic acids is 1. The molecule has 2 heterocycles. The Balaban J connectivity index is 1.94. The van der Waals surface area contributed by atoms with Gasteiger partial charge in [0.15, 0.2) is 5.16 Å². The summed E-state index contributed by atoms with van der Waals surface area (Å²) >= 11 is 1.25. The zero-order chi connectivity index (χ0) is 15.9. The maximum Gasteiger partial charge on any atom is 0.344 e. The van der Waals surface area contributed by atoms with Crippen molar-refractivity contribution in [2.45, 2.75) is 42.8 Å². The number of methoxy groups -OCH3 is 1. The molecule has 22 heavy (non-hydrogen) atoms. The van der Waals surface area contributed by atoms with Crippen LogP contribution >= 0.6 is 11.8 Å². The SMILES string of the molecule is COCCNC(=O)[C@@H](C)Sc1n[nH]c(=O)n1C[C@H]1CCCO1. The van der Waals surface area contributed by atoms with Crippen LogP contribution in [0.4, 0.5) is 0 Å². The van der Waals surface area contributed by atoms with E-state index >= 15 is 0 Å². The summed E-state index contributed by atoms with van der Waals surface area (Å²) in [5.74, 6) is -0.110. The van der Waals surface area contributed by atoms with E-state index in [1.807, 2.05) is 0 Å². The van der Waals surface area contributed by atoms with E-state index < -0.39 is 0 Å². The summed E-state index contributed by atoms with van der Waals surface area (Å²) in [5.41, 5.74) is -0.273. The monoisotopic (exact) mass is 330 g/mol. The third-order valence-corrected chi connectivity index (χ3v) is 4.48. The molecule has 1 fully saturated rings. The molecule has 0 spiro atoms. The molecule has 0 radical (unpaired) electrons. The summed E-state index contributed by atoms with van der Waals surface area (Å²) in [5, 5.41) is 9.37. The fourth-order valence-corrected chi connectivity index (χ4v) is 3.07. The van der Waals surface area contributed by atoms with Gasteiger partial charge in [-0.3, -0.25) is 9.36 Å². The first-order valence-corrected chi connectivity index (χ1v) is 8.20. The fraction of sp³-hybridized carbons (Fsp3) is 0.769. The minimum absolute atomic E-state index is 0.0421. The second kappa shape index (κ2) is 8.35. The van der Waals surface area contributed by atoms with Gasteiger partial charge in [-0.05, 0) is 19.8 Å². The molecule has 8 nitrogen and oxygen atoms in total. The first-order valence-electron chi connectivity index (χ1n) is 7.32. The Labute approximate surface area is 132 Å². The number of thioether (sulfide) groups is 1. The van der Waals surface area contributed by atoms with Crippen LogP contribution in [0.3, 0.4) is 0 Å². The van der Waals surface area contributed by atoms with E-state index in [4.69, 9.17) is 9.47 Å². The quantitative estimate of drug-likeness (QED) is 0.514. The number of rotatable bonds is 8. The van der Waals surface area contributed by atoms with Crippen LogP contribution in [-0.4, -0.2) is 58.9 Å². The van der Waals surface area contributed by atoms with Gasteiger partial charge in [0.05, 0.1) is 24.5 Å². The average molecular weight is 330 g/mol. The lowest BCUT2D eigenvalue weighted by Crippen LogP contribution is -2.33. The Kier molecular flexibility index (Phi) is 6.47. The number of nitrogens with zero attached hydrogens (tertiary/aromatic N) is 2. The minimum Gasteiger partial charge on any atom is -0.383 e. The molecular formula is C13H22N4O4S. The fourth-order valence-electron chi connectivity index (χ4n) is 2.18. The zero-order valence-electron chi connectivity index (χ0n) is 12.8. The molecule has 1 aliphatic rings. The highest BCUT2D eigenvalue weighted by atomic mass is 32.2. The summed E-state index contributed by atoms with van der Waals surface area (Å²) in [6.07, 6.45) is 1.99. The van der Waals surface area contributed by atoms with E-state index in [-0.39, 0.29) is 23.0 Å². The maximum atomic E-state index is 11.9. The number of hydrogen-bond donors (Lipinski definition) is 2. The Hall–Kier alpha value is -1.32. The summed E-state index contributed by atoms with van der Waals surface area (Å²) in [6.45, 7) is 3.91. The summed E-state index contributed by atoms with van der Waals surface area (Å²) < 4.78 is 12.0. The molecule has 1 aliphatic heterocycles. The Morgan fingerprint density at radius 2 is 2.50 bits per heavy atom. The van der Waals surface area contributed by atoms with Crippen LogP contribution in [0.5, 0.6) is 0 Å². The molecule has 2 N–H and O–H groups in total. The van der Waals surface area contributed by atoms with Crippen LogP contribution in [0, 0.1) is 0 Å². The average Bonchev–Trinajstić information content (AvgIpc) is 3.12. The van der Waals surface area contributed by atoms with Crippen LogP contribution in [-0.2, 0) is 20.8 Å². The number of carbonyl (C=O) groups is 1. The molecule has 0 saturated carbocycles. The number of nitrogens with one attached hydrogen (secondary N) is 2. The van der Waals surface area contributed by atoms with Gasteiger partial charge in [0.1, 0.15) is 0 Å². The Bertz CT molecular complexity index is 538. The van der Waals surface area contributed by atoms with E-state index in [0.29, 0.717) is 24.9 Å². The van der Waals surface area contributed by atoms with Gasteiger partial charge in [-0.15, -0.1) is 5.10 Å². The van der Waals surface area contributed by atoms with Gasteiger partial charge in [-0.2, -0.15) is 0 Å². The Morgan fingerprint density at radius 3 is 3.18 bits per heavy atom. The van der Waals surface area contributed by atoms with E-state index in [9.17, 15) is 9.59 Å². The van der Waals surface area contributed by atoms with Crippen molar-refractivity contribution in [3.63, 3.8) is 0 Å². The first kappa shape index (κ1) is 17.0. The number of amides is 1. The maximum absolute atomic E-state index is 11.9. The Morgan fingerprint density at radius 1 is 1.68 bits per heavy atom. The molecule has 0 aliphatic carbocycles. The summed E-state index contributed by atoms with van der Waals surface area (Å²) in [7, 11) is 1.58. The predicted octanol–water partition coefficient (Wildman–Crippen LogP) is -0.00640. The topological polar surface area (TPSA) is 98.2 Å². The molecule has 1 aromatic rings. The normalized spacial score (nSPS) is 19.3. The summed E-state index contributed by atoms with van der Waals surface area (Å²) in [6, 6.07) is 0. The van der Waals surface area contributed by atoms with Crippen LogP contribution < -0.4 is 11.0 Å². The third kappa shape index (κ3) is 4.59. The van der Waals surface area contributed by atoms with Gasteiger partial charge in [0.25, 0.3) is 0 Å². The molecule has 1 aromatic heterocycles. The highest BCUT2D eigenvalue weighted by molar-refractivity contribution is 8.00. The molecule has 9 heteroatoms. The van der Waals surface area contributed by atoms with Gasteiger partial charge in [-0.25, -0.2) is 9.89 Å². The van der Waals surface area contributed by atoms with E-state index in [1.165, 1.54) is 11.8 Å². The van der Waals surface area contributed by atoms with Crippen LogP contribution in [0.1, 0.15) is 19.8 Å². The number of ether oxygens (including phenoxy) is 2. The van der Waals surface area contributed by atoms with Crippen LogP contribution in [0.15, 0.2) is 9.95 Å². The van der Waals surface area contributed by atoms with Crippen molar-refractivity contribution >= 4 is 17.7 Å². The lowest BCUT2D eigenvalue weighted by atomic mass is 10.2. The standard InChI is InChI=1S/C13H22N4O4S/c1-9(11(18)14-5-7-20-2)22-13-16-15-12(19)17(13)8-10-4-3-6-21-10/h9-10H,3-8H2,1-2H3,(H,14,18)(H,15,19)/t9-,10-/m1/s1. The van der Waals surface area contributed by atoms with Crippen LogP contribution in [0.25, 0.3) is 0 Å². The van der Waals surface area contributed by atoms with Crippen molar-refractivity contribution in [1.29, 1.82) is 0 Å². The largest absolute Gasteiger partial charge is 0.383 e. The van der Waals surface area contributed by atoms with Gasteiger partial charge in [-0.1, -0.05) is 11.8 Å². The van der Waals surface area contributed by atoms with Gasteiger partial charge < -0.3 is 14.8 Å². The molecule has 2 rings (SSSR count). The van der Waals surface area contributed by atoms with Crippen molar-refractivity contribution in [1.82, 2.24) is 20.1 Å². The number of H-pyrrole nitrogens is 1. The van der Waals surface area contributed by atoms with Crippen molar-refractivity contribution in [3.8, 4) is 0 Å². The molecule has 124 valence electrons. The number of aromatic amines is 1. The molecule has 0 bridgehead atoms. The lowest BCUT2D eigenvalue weighted by Gasteiger charge is -2.14. The number of aromatic nitrogens is 3. The zero-order valence-corrected chi connectivity index (χ0v) is 13.6. The van der Waals surface area contributed by atoms with Gasteiger partial charge >= 0.3 is 5.69 Å². The molecule has 1 amide bonds. The lowest BCUT2D eigenvalue weighted by molar-refractivity contribution is -0.120. The van der Waals surface area contributed by atoms with E-state index in [1.54, 1.807) is 18.6 Å². The molecule has 1 saturated heterocycles. The highest BCUT2D eigenvalue weighted by Crippen LogP contribution is 2.21. The summed E-state index contributed by atoms with van der Waals surface area (Å²) in [4.78, 5) is 23.8. The van der Waals surface area contributed by atoms with E-state index in [0.717, 1.165) is 19.4 Å². The minimum atomic E-state index is -0.352.